The summed E-state index contributed by atoms with van der Waals surface area (Å²) in [5, 5.41) is 18.1. The van der Waals surface area contributed by atoms with Crippen LogP contribution in [-0.4, -0.2) is 53.9 Å². The van der Waals surface area contributed by atoms with Crippen molar-refractivity contribution in [1.29, 1.82) is 0 Å². The molecule has 1 aromatic carbocycles. The molecule has 25 heavy (non-hydrogen) atoms. The van der Waals surface area contributed by atoms with E-state index in [1.54, 1.807) is 29.4 Å². The van der Waals surface area contributed by atoms with Gasteiger partial charge in [0.1, 0.15) is 0 Å². The largest absolute Gasteiger partial charge is 0.387 e. The molecule has 1 aliphatic rings. The highest BCUT2D eigenvalue weighted by atomic mass is 32.1. The first-order valence-electron chi connectivity index (χ1n) is 8.07. The number of benzene rings is 1. The van der Waals surface area contributed by atoms with E-state index in [9.17, 15) is 14.9 Å². The number of carbonyl (C=O) groups is 1. The summed E-state index contributed by atoms with van der Waals surface area (Å²) in [4.78, 5) is 27.4. The molecule has 1 N–H and O–H groups in total. The Bertz CT molecular complexity index is 755. The van der Waals surface area contributed by atoms with Crippen LogP contribution in [0.2, 0.25) is 0 Å². The van der Waals surface area contributed by atoms with E-state index in [2.05, 4.69) is 27.0 Å². The maximum Gasteiger partial charge on any atom is 0.270 e. The molecule has 0 spiro atoms. The van der Waals surface area contributed by atoms with Crippen molar-refractivity contribution in [2.75, 3.05) is 38.5 Å². The maximum absolute atomic E-state index is 12.8. The van der Waals surface area contributed by atoms with Crippen molar-refractivity contribution in [3.63, 3.8) is 0 Å². The fourth-order valence-corrected chi connectivity index (χ4v) is 3.62. The fourth-order valence-electron chi connectivity index (χ4n) is 2.96. The molecule has 1 aliphatic heterocycles. The Hall–Kier alpha value is -2.45. The van der Waals surface area contributed by atoms with Crippen molar-refractivity contribution in [3.8, 4) is 0 Å². The average molecular weight is 360 g/mol. The lowest BCUT2D eigenvalue weighted by Gasteiger charge is -2.34. The molecule has 1 fully saturated rings. The number of non-ortho nitro benzene ring substituents is 1. The van der Waals surface area contributed by atoms with Crippen LogP contribution in [0, 0.1) is 10.1 Å². The molecule has 1 amide bonds. The summed E-state index contributed by atoms with van der Waals surface area (Å²) in [5.74, 6) is -0.164. The first kappa shape index (κ1) is 17.4. The third-order valence-electron chi connectivity index (χ3n) is 4.36. The topological polar surface area (TPSA) is 78.7 Å². The van der Waals surface area contributed by atoms with Crippen molar-refractivity contribution in [1.82, 2.24) is 9.80 Å². The van der Waals surface area contributed by atoms with Crippen LogP contribution < -0.4 is 5.32 Å². The first-order chi connectivity index (χ1) is 12.1. The standard InChI is InChI=1S/C17H20N4O3S/c1-18-16-3-2-14(21(23)24)10-15(16)17(22)20-7-5-19(6-8-20)11-13-4-9-25-12-13/h2-4,9-10,12,18H,5-8,11H2,1H3. The molecular formula is C17H20N4O3S. The average Bonchev–Trinajstić information content (AvgIpc) is 3.14. The Morgan fingerprint density at radius 2 is 2.04 bits per heavy atom. The third kappa shape index (κ3) is 3.97. The van der Waals surface area contributed by atoms with Crippen LogP contribution >= 0.6 is 11.3 Å². The molecule has 0 atom stereocenters. The van der Waals surface area contributed by atoms with E-state index in [0.29, 0.717) is 24.3 Å². The van der Waals surface area contributed by atoms with Crippen molar-refractivity contribution in [2.45, 2.75) is 6.54 Å². The summed E-state index contributed by atoms with van der Waals surface area (Å²) in [5.41, 5.74) is 2.18. The molecule has 0 unspecified atom stereocenters. The number of nitrogens with zero attached hydrogens (tertiary/aromatic N) is 3. The molecule has 7 nitrogen and oxygen atoms in total. The number of amides is 1. The quantitative estimate of drug-likeness (QED) is 0.655. The number of nitrogens with one attached hydrogen (secondary N) is 1. The second-order valence-electron chi connectivity index (χ2n) is 5.94. The van der Waals surface area contributed by atoms with Gasteiger partial charge in [-0.3, -0.25) is 19.8 Å². The smallest absolute Gasteiger partial charge is 0.270 e. The highest BCUT2D eigenvalue weighted by Gasteiger charge is 2.25. The van der Waals surface area contributed by atoms with Gasteiger partial charge in [-0.2, -0.15) is 11.3 Å². The number of hydrogen-bond donors (Lipinski definition) is 1. The molecule has 2 aromatic rings. The molecule has 0 radical (unpaired) electrons. The lowest BCUT2D eigenvalue weighted by atomic mass is 10.1. The Balaban J connectivity index is 1.68. The summed E-state index contributed by atoms with van der Waals surface area (Å²) in [6, 6.07) is 6.45. The number of nitro benzene ring substituents is 1. The normalized spacial score (nSPS) is 15.2. The minimum absolute atomic E-state index is 0.0709. The van der Waals surface area contributed by atoms with Crippen LogP contribution in [0.5, 0.6) is 0 Å². The molecule has 0 saturated carbocycles. The van der Waals surface area contributed by atoms with Gasteiger partial charge in [0.25, 0.3) is 11.6 Å². The SMILES string of the molecule is CNc1ccc([N+](=O)[O-])cc1C(=O)N1CCN(Cc2ccsc2)CC1. The highest BCUT2D eigenvalue weighted by molar-refractivity contribution is 7.07. The van der Waals surface area contributed by atoms with Crippen molar-refractivity contribution in [3.05, 3.63) is 56.3 Å². The number of rotatable bonds is 5. The van der Waals surface area contributed by atoms with Gasteiger partial charge in [0.05, 0.1) is 10.5 Å². The van der Waals surface area contributed by atoms with Crippen LogP contribution in [0.15, 0.2) is 35.0 Å². The predicted octanol–water partition coefficient (Wildman–Crippen LogP) is 2.66. The summed E-state index contributed by atoms with van der Waals surface area (Å²) in [6.45, 7) is 3.73. The zero-order valence-electron chi connectivity index (χ0n) is 14.0. The third-order valence-corrected chi connectivity index (χ3v) is 5.09. The Morgan fingerprint density at radius 1 is 1.28 bits per heavy atom. The monoisotopic (exact) mass is 360 g/mol. The van der Waals surface area contributed by atoms with E-state index >= 15 is 0 Å². The summed E-state index contributed by atoms with van der Waals surface area (Å²) in [7, 11) is 1.71. The second kappa shape index (κ2) is 7.62. The number of piperazine rings is 1. The van der Waals surface area contributed by atoms with Gasteiger partial charge in [-0.15, -0.1) is 0 Å². The van der Waals surface area contributed by atoms with Gasteiger partial charge in [-0.25, -0.2) is 0 Å². The summed E-state index contributed by atoms with van der Waals surface area (Å²) >= 11 is 1.69. The van der Waals surface area contributed by atoms with Gasteiger partial charge < -0.3 is 10.2 Å². The predicted molar refractivity (Wildman–Crippen MR) is 98.1 cm³/mol. The highest BCUT2D eigenvalue weighted by Crippen LogP contribution is 2.24. The Morgan fingerprint density at radius 3 is 2.64 bits per heavy atom. The molecular weight excluding hydrogens is 340 g/mol. The van der Waals surface area contributed by atoms with Gasteiger partial charge >= 0.3 is 0 Å². The number of anilines is 1. The van der Waals surface area contributed by atoms with Crippen molar-refractivity contribution in [2.24, 2.45) is 0 Å². The molecule has 0 aliphatic carbocycles. The van der Waals surface area contributed by atoms with Crippen LogP contribution in [-0.2, 0) is 6.54 Å². The van der Waals surface area contributed by atoms with E-state index in [1.165, 1.54) is 17.7 Å². The van der Waals surface area contributed by atoms with Gasteiger partial charge in [0, 0.05) is 57.6 Å². The van der Waals surface area contributed by atoms with Gasteiger partial charge in [-0.1, -0.05) is 0 Å². The molecule has 1 saturated heterocycles. The lowest BCUT2D eigenvalue weighted by molar-refractivity contribution is -0.384. The van der Waals surface area contributed by atoms with E-state index in [0.717, 1.165) is 19.6 Å². The van der Waals surface area contributed by atoms with E-state index in [-0.39, 0.29) is 11.6 Å². The number of hydrogen-bond acceptors (Lipinski definition) is 6. The van der Waals surface area contributed by atoms with Crippen molar-refractivity contribution < 1.29 is 9.72 Å². The van der Waals surface area contributed by atoms with Gasteiger partial charge in [0.2, 0.25) is 0 Å². The molecule has 0 bridgehead atoms. The second-order valence-corrected chi connectivity index (χ2v) is 6.72. The fraction of sp³-hybridized carbons (Fsp3) is 0.353. The number of carbonyl (C=O) groups excluding carboxylic acids is 1. The number of nitro groups is 1. The Kier molecular flexibility index (Phi) is 5.30. The molecule has 8 heteroatoms. The maximum atomic E-state index is 12.8. The van der Waals surface area contributed by atoms with Gasteiger partial charge in [-0.05, 0) is 28.5 Å². The summed E-state index contributed by atoms with van der Waals surface area (Å²) < 4.78 is 0. The minimum Gasteiger partial charge on any atom is -0.387 e. The minimum atomic E-state index is -0.477. The van der Waals surface area contributed by atoms with Crippen LogP contribution in [0.4, 0.5) is 11.4 Å². The molecule has 1 aromatic heterocycles. The zero-order chi connectivity index (χ0) is 17.8. The lowest BCUT2D eigenvalue weighted by Crippen LogP contribution is -2.48. The molecule has 132 valence electrons. The van der Waals surface area contributed by atoms with E-state index in [4.69, 9.17) is 0 Å². The van der Waals surface area contributed by atoms with Crippen LogP contribution in [0.1, 0.15) is 15.9 Å². The molecule has 2 heterocycles. The van der Waals surface area contributed by atoms with E-state index < -0.39 is 4.92 Å². The van der Waals surface area contributed by atoms with Crippen LogP contribution in [0.25, 0.3) is 0 Å². The van der Waals surface area contributed by atoms with Gasteiger partial charge in [0.15, 0.2) is 0 Å². The number of thiophene rings is 1. The molecule has 3 rings (SSSR count). The summed E-state index contributed by atoms with van der Waals surface area (Å²) in [6.07, 6.45) is 0. The first-order valence-corrected chi connectivity index (χ1v) is 9.01. The zero-order valence-corrected chi connectivity index (χ0v) is 14.8. The van der Waals surface area contributed by atoms with E-state index in [1.807, 2.05) is 0 Å². The van der Waals surface area contributed by atoms with Crippen molar-refractivity contribution >= 4 is 28.6 Å². The van der Waals surface area contributed by atoms with Crippen LogP contribution in [0.3, 0.4) is 0 Å². The Labute approximate surface area is 150 Å².